The van der Waals surface area contributed by atoms with Crippen molar-refractivity contribution in [2.24, 2.45) is 0 Å². The molecule has 0 spiro atoms. The quantitative estimate of drug-likeness (QED) is 0.740. The van der Waals surface area contributed by atoms with Crippen molar-refractivity contribution in [1.29, 1.82) is 5.26 Å². The fraction of sp³-hybridized carbons (Fsp3) is 0.200. The molecule has 0 fully saturated rings. The molecule has 1 aliphatic carbocycles. The third-order valence-electron chi connectivity index (χ3n) is 3.33. The van der Waals surface area contributed by atoms with E-state index in [9.17, 15) is 0 Å². The molecule has 2 heteroatoms. The van der Waals surface area contributed by atoms with Crippen LogP contribution in [0.1, 0.15) is 23.1 Å². The molecule has 0 unspecified atom stereocenters. The van der Waals surface area contributed by atoms with Crippen LogP contribution in [-0.2, 0) is 12.8 Å². The van der Waals surface area contributed by atoms with Crippen LogP contribution in [0.2, 0.25) is 0 Å². The van der Waals surface area contributed by atoms with E-state index in [1.807, 2.05) is 12.1 Å². The van der Waals surface area contributed by atoms with Crippen LogP contribution in [0.5, 0.6) is 0 Å². The number of nitriles is 1. The average molecular weight is 220 g/mol. The zero-order valence-corrected chi connectivity index (χ0v) is 9.48. The van der Waals surface area contributed by atoms with Crippen molar-refractivity contribution in [3.63, 3.8) is 0 Å². The highest BCUT2D eigenvalue weighted by Gasteiger charge is 2.17. The van der Waals surface area contributed by atoms with Gasteiger partial charge in [0.2, 0.25) is 0 Å². The number of aryl methyl sites for hydroxylation is 1. The first-order valence-corrected chi connectivity index (χ1v) is 5.86. The Balaban J connectivity index is 2.23. The number of aromatic nitrogens is 1. The molecular formula is C15H12N2. The summed E-state index contributed by atoms with van der Waals surface area (Å²) in [4.78, 5) is 4.37. The molecule has 1 heterocycles. The molecule has 0 radical (unpaired) electrons. The van der Waals surface area contributed by atoms with E-state index in [0.717, 1.165) is 24.1 Å². The lowest BCUT2D eigenvalue weighted by Gasteiger charge is -2.08. The summed E-state index contributed by atoms with van der Waals surface area (Å²) in [6.07, 6.45) is 5.22. The lowest BCUT2D eigenvalue weighted by atomic mass is 9.98. The first kappa shape index (κ1) is 10.0. The molecule has 0 aliphatic heterocycles. The van der Waals surface area contributed by atoms with Gasteiger partial charge in [-0.25, -0.2) is 0 Å². The molecule has 0 amide bonds. The van der Waals surface area contributed by atoms with Gasteiger partial charge in [0.25, 0.3) is 0 Å². The van der Waals surface area contributed by atoms with Gasteiger partial charge in [-0.2, -0.15) is 5.26 Å². The van der Waals surface area contributed by atoms with Crippen LogP contribution in [0.3, 0.4) is 0 Å². The van der Waals surface area contributed by atoms with Crippen molar-refractivity contribution in [3.05, 3.63) is 53.2 Å². The Bertz CT molecular complexity index is 609. The fourth-order valence-corrected chi connectivity index (χ4v) is 2.55. The number of rotatable bonds is 1. The SMILES string of the molecule is N#Cc1cccnc1-c1cccc2c1CCC2. The van der Waals surface area contributed by atoms with Gasteiger partial charge in [0.15, 0.2) is 0 Å². The molecule has 0 N–H and O–H groups in total. The Morgan fingerprint density at radius 3 is 2.94 bits per heavy atom. The second-order valence-electron chi connectivity index (χ2n) is 4.31. The molecule has 3 rings (SSSR count). The van der Waals surface area contributed by atoms with Gasteiger partial charge in [0.1, 0.15) is 6.07 Å². The van der Waals surface area contributed by atoms with Crippen LogP contribution in [0.25, 0.3) is 11.3 Å². The first-order chi connectivity index (χ1) is 8.40. The van der Waals surface area contributed by atoms with E-state index in [-0.39, 0.29) is 0 Å². The molecule has 0 bridgehead atoms. The number of nitrogens with zero attached hydrogens (tertiary/aromatic N) is 2. The Labute approximate surface area is 101 Å². The van der Waals surface area contributed by atoms with Crippen molar-refractivity contribution in [2.45, 2.75) is 19.3 Å². The van der Waals surface area contributed by atoms with E-state index >= 15 is 0 Å². The molecular weight excluding hydrogens is 208 g/mol. The minimum absolute atomic E-state index is 0.660. The summed E-state index contributed by atoms with van der Waals surface area (Å²) in [5, 5.41) is 9.14. The number of hydrogen-bond acceptors (Lipinski definition) is 2. The van der Waals surface area contributed by atoms with Gasteiger partial charge in [-0.3, -0.25) is 4.98 Å². The van der Waals surface area contributed by atoms with Crippen LogP contribution in [0.4, 0.5) is 0 Å². The summed E-state index contributed by atoms with van der Waals surface area (Å²) in [6.45, 7) is 0. The van der Waals surface area contributed by atoms with E-state index in [1.54, 1.807) is 6.20 Å². The summed E-state index contributed by atoms with van der Waals surface area (Å²) < 4.78 is 0. The summed E-state index contributed by atoms with van der Waals surface area (Å²) in [6, 6.07) is 12.2. The Morgan fingerprint density at radius 1 is 1.12 bits per heavy atom. The van der Waals surface area contributed by atoms with Gasteiger partial charge in [0, 0.05) is 11.8 Å². The normalized spacial score (nSPS) is 13.1. The van der Waals surface area contributed by atoms with E-state index in [1.165, 1.54) is 17.5 Å². The highest BCUT2D eigenvalue weighted by Crippen LogP contribution is 2.32. The van der Waals surface area contributed by atoms with Crippen LogP contribution in [-0.4, -0.2) is 4.98 Å². The van der Waals surface area contributed by atoms with Gasteiger partial charge in [-0.15, -0.1) is 0 Å². The smallest absolute Gasteiger partial charge is 0.101 e. The summed E-state index contributed by atoms with van der Waals surface area (Å²) >= 11 is 0. The summed E-state index contributed by atoms with van der Waals surface area (Å²) in [7, 11) is 0. The second kappa shape index (κ2) is 4.03. The molecule has 2 nitrogen and oxygen atoms in total. The maximum atomic E-state index is 9.14. The predicted molar refractivity (Wildman–Crippen MR) is 66.4 cm³/mol. The van der Waals surface area contributed by atoms with Crippen molar-refractivity contribution in [2.75, 3.05) is 0 Å². The third-order valence-corrected chi connectivity index (χ3v) is 3.33. The van der Waals surface area contributed by atoms with Crippen molar-refractivity contribution in [3.8, 4) is 17.3 Å². The second-order valence-corrected chi connectivity index (χ2v) is 4.31. The maximum absolute atomic E-state index is 9.14. The highest BCUT2D eigenvalue weighted by atomic mass is 14.7. The Hall–Kier alpha value is -2.14. The highest BCUT2D eigenvalue weighted by molar-refractivity contribution is 5.71. The molecule has 1 aliphatic rings. The standard InChI is InChI=1S/C15H12N2/c16-10-12-6-3-9-17-15(12)14-8-2-5-11-4-1-7-13(11)14/h2-3,5-6,8-9H,1,4,7H2. The minimum atomic E-state index is 0.660. The van der Waals surface area contributed by atoms with Crippen LogP contribution >= 0.6 is 0 Å². The molecule has 1 aromatic heterocycles. The monoisotopic (exact) mass is 220 g/mol. The molecule has 0 saturated heterocycles. The number of fused-ring (bicyclic) bond motifs is 1. The molecule has 0 atom stereocenters. The molecule has 82 valence electrons. The Morgan fingerprint density at radius 2 is 2.06 bits per heavy atom. The van der Waals surface area contributed by atoms with E-state index in [4.69, 9.17) is 5.26 Å². The summed E-state index contributed by atoms with van der Waals surface area (Å²) in [5.74, 6) is 0. The zero-order chi connectivity index (χ0) is 11.7. The minimum Gasteiger partial charge on any atom is -0.255 e. The van der Waals surface area contributed by atoms with Gasteiger partial charge >= 0.3 is 0 Å². The van der Waals surface area contributed by atoms with Crippen molar-refractivity contribution >= 4 is 0 Å². The van der Waals surface area contributed by atoms with Gasteiger partial charge in [-0.05, 0) is 42.5 Å². The molecule has 0 saturated carbocycles. The summed E-state index contributed by atoms with van der Waals surface area (Å²) in [5.41, 5.74) is 5.42. The van der Waals surface area contributed by atoms with E-state index in [2.05, 4.69) is 29.3 Å². The third kappa shape index (κ3) is 1.60. The van der Waals surface area contributed by atoms with Crippen LogP contribution in [0, 0.1) is 11.3 Å². The number of hydrogen-bond donors (Lipinski definition) is 0. The van der Waals surface area contributed by atoms with Crippen molar-refractivity contribution in [1.82, 2.24) is 4.98 Å². The number of pyridine rings is 1. The largest absolute Gasteiger partial charge is 0.255 e. The van der Waals surface area contributed by atoms with Gasteiger partial charge in [-0.1, -0.05) is 18.2 Å². The van der Waals surface area contributed by atoms with Gasteiger partial charge in [0.05, 0.1) is 11.3 Å². The molecule has 2 aromatic rings. The van der Waals surface area contributed by atoms with E-state index in [0.29, 0.717) is 5.56 Å². The molecule has 17 heavy (non-hydrogen) atoms. The van der Waals surface area contributed by atoms with Crippen molar-refractivity contribution < 1.29 is 0 Å². The van der Waals surface area contributed by atoms with Crippen LogP contribution in [0.15, 0.2) is 36.5 Å². The Kier molecular flexibility index (Phi) is 2.38. The fourth-order valence-electron chi connectivity index (χ4n) is 2.55. The first-order valence-electron chi connectivity index (χ1n) is 5.86. The molecule has 1 aromatic carbocycles. The maximum Gasteiger partial charge on any atom is 0.101 e. The lowest BCUT2D eigenvalue weighted by molar-refractivity contribution is 0.912. The lowest BCUT2D eigenvalue weighted by Crippen LogP contribution is -1.93. The van der Waals surface area contributed by atoms with Crippen LogP contribution < -0.4 is 0 Å². The topological polar surface area (TPSA) is 36.7 Å². The number of benzene rings is 1. The average Bonchev–Trinajstić information content (AvgIpc) is 2.86. The van der Waals surface area contributed by atoms with Gasteiger partial charge < -0.3 is 0 Å². The zero-order valence-electron chi connectivity index (χ0n) is 9.48. The van der Waals surface area contributed by atoms with E-state index < -0.39 is 0 Å². The predicted octanol–water partition coefficient (Wildman–Crippen LogP) is 3.11.